The fourth-order valence-corrected chi connectivity index (χ4v) is 2.64. The van der Waals surface area contributed by atoms with Gasteiger partial charge in [0.2, 0.25) is 5.89 Å². The number of nitrogens with one attached hydrogen (secondary N) is 1. The number of nitrogens with zero attached hydrogens (tertiary/aromatic N) is 2. The molecule has 0 amide bonds. The summed E-state index contributed by atoms with van der Waals surface area (Å²) in [5, 5.41) is 16.7. The van der Waals surface area contributed by atoms with E-state index in [0.717, 1.165) is 5.82 Å². The van der Waals surface area contributed by atoms with E-state index >= 15 is 0 Å². The Labute approximate surface area is 94.2 Å². The summed E-state index contributed by atoms with van der Waals surface area (Å²) in [6, 6.07) is 0.0395. The lowest BCUT2D eigenvalue weighted by atomic mass is 10.1. The summed E-state index contributed by atoms with van der Waals surface area (Å²) in [5.74, 6) is 1.98. The molecule has 2 atom stereocenters. The van der Waals surface area contributed by atoms with Gasteiger partial charge in [-0.15, -0.1) is 0 Å². The topological polar surface area (TPSA) is 71.2 Å². The number of aliphatic hydroxyl groups excluding tert-OH is 1. The molecule has 2 heterocycles. The Balaban J connectivity index is 1.72. The van der Waals surface area contributed by atoms with E-state index in [1.54, 1.807) is 0 Å². The summed E-state index contributed by atoms with van der Waals surface area (Å²) in [6.07, 6.45) is 5.29. The first-order valence-corrected chi connectivity index (χ1v) is 6.08. The normalized spacial score (nSPS) is 31.3. The van der Waals surface area contributed by atoms with Crippen molar-refractivity contribution in [2.75, 3.05) is 6.54 Å². The number of aliphatic hydroxyl groups is 1. The summed E-state index contributed by atoms with van der Waals surface area (Å²) in [6.45, 7) is 0.617. The van der Waals surface area contributed by atoms with Gasteiger partial charge in [-0.3, -0.25) is 0 Å². The molecule has 2 fully saturated rings. The third-order valence-corrected chi connectivity index (χ3v) is 3.58. The van der Waals surface area contributed by atoms with E-state index in [2.05, 4.69) is 15.5 Å². The van der Waals surface area contributed by atoms with E-state index in [9.17, 15) is 5.11 Å². The fourth-order valence-electron chi connectivity index (χ4n) is 2.64. The quantitative estimate of drug-likeness (QED) is 0.786. The fraction of sp³-hybridized carbons (Fsp3) is 0.818. The summed E-state index contributed by atoms with van der Waals surface area (Å²) < 4.78 is 5.27. The second-order valence-electron chi connectivity index (χ2n) is 4.82. The van der Waals surface area contributed by atoms with E-state index < -0.39 is 0 Å². The Morgan fingerprint density at radius 3 is 2.81 bits per heavy atom. The van der Waals surface area contributed by atoms with E-state index in [0.29, 0.717) is 24.8 Å². The average molecular weight is 223 g/mol. The van der Waals surface area contributed by atoms with Crippen molar-refractivity contribution in [1.29, 1.82) is 0 Å². The molecule has 5 nitrogen and oxygen atoms in total. The van der Waals surface area contributed by atoms with Crippen molar-refractivity contribution in [1.82, 2.24) is 15.5 Å². The van der Waals surface area contributed by atoms with Crippen molar-refractivity contribution in [3.05, 3.63) is 11.7 Å². The van der Waals surface area contributed by atoms with Crippen molar-refractivity contribution in [3.63, 3.8) is 0 Å². The highest BCUT2D eigenvalue weighted by Gasteiger charge is 2.29. The molecule has 0 radical (unpaired) electrons. The molecule has 0 aromatic carbocycles. The number of rotatable bonds is 2. The van der Waals surface area contributed by atoms with E-state index in [-0.39, 0.29) is 12.1 Å². The van der Waals surface area contributed by atoms with Crippen LogP contribution in [0.15, 0.2) is 4.52 Å². The molecule has 2 N–H and O–H groups in total. The second-order valence-corrected chi connectivity index (χ2v) is 4.82. The maximum atomic E-state index is 9.43. The molecule has 1 aromatic rings. The molecular formula is C11H17N3O2. The predicted octanol–water partition coefficient (Wildman–Crippen LogP) is 1.12. The van der Waals surface area contributed by atoms with Crippen molar-refractivity contribution in [2.45, 2.75) is 50.2 Å². The molecule has 1 saturated carbocycles. The van der Waals surface area contributed by atoms with Gasteiger partial charge in [0.05, 0.1) is 12.1 Å². The Morgan fingerprint density at radius 2 is 2.12 bits per heavy atom. The van der Waals surface area contributed by atoms with Crippen LogP contribution in [-0.2, 0) is 0 Å². The maximum Gasteiger partial charge on any atom is 0.243 e. The van der Waals surface area contributed by atoms with E-state index in [4.69, 9.17) is 4.52 Å². The van der Waals surface area contributed by atoms with Gasteiger partial charge >= 0.3 is 0 Å². The summed E-state index contributed by atoms with van der Waals surface area (Å²) in [5.41, 5.74) is 0. The zero-order valence-electron chi connectivity index (χ0n) is 9.22. The zero-order chi connectivity index (χ0) is 11.0. The van der Waals surface area contributed by atoms with Crippen LogP contribution < -0.4 is 5.32 Å². The van der Waals surface area contributed by atoms with Gasteiger partial charge in [-0.25, -0.2) is 0 Å². The van der Waals surface area contributed by atoms with Crippen molar-refractivity contribution < 1.29 is 9.63 Å². The number of hydrogen-bond acceptors (Lipinski definition) is 5. The van der Waals surface area contributed by atoms with Crippen LogP contribution in [0.4, 0.5) is 0 Å². The zero-order valence-corrected chi connectivity index (χ0v) is 9.22. The first kappa shape index (κ1) is 10.2. The molecule has 0 bridgehead atoms. The molecule has 2 aliphatic rings. The molecule has 3 rings (SSSR count). The third-order valence-electron chi connectivity index (χ3n) is 3.58. The van der Waals surface area contributed by atoms with Crippen LogP contribution >= 0.6 is 0 Å². The minimum atomic E-state index is -0.285. The monoisotopic (exact) mass is 223 g/mol. The first-order chi connectivity index (χ1) is 7.83. The van der Waals surface area contributed by atoms with Crippen LogP contribution in [0.5, 0.6) is 0 Å². The lowest BCUT2D eigenvalue weighted by Gasteiger charge is -2.02. The Morgan fingerprint density at radius 1 is 1.31 bits per heavy atom. The summed E-state index contributed by atoms with van der Waals surface area (Å²) >= 11 is 0. The molecule has 1 aliphatic heterocycles. The largest absolute Gasteiger partial charge is 0.392 e. The van der Waals surface area contributed by atoms with Crippen LogP contribution in [-0.4, -0.2) is 27.9 Å². The molecule has 5 heteroatoms. The van der Waals surface area contributed by atoms with E-state index in [1.165, 1.54) is 25.7 Å². The molecule has 16 heavy (non-hydrogen) atoms. The minimum Gasteiger partial charge on any atom is -0.392 e. The molecular weight excluding hydrogens is 206 g/mol. The van der Waals surface area contributed by atoms with E-state index in [1.807, 2.05) is 0 Å². The van der Waals surface area contributed by atoms with Crippen LogP contribution in [0.25, 0.3) is 0 Å². The molecule has 0 spiro atoms. The Hall–Kier alpha value is -0.940. The van der Waals surface area contributed by atoms with Gasteiger partial charge in [-0.2, -0.15) is 4.98 Å². The first-order valence-electron chi connectivity index (χ1n) is 6.08. The molecule has 1 aromatic heterocycles. The van der Waals surface area contributed by atoms with Crippen LogP contribution in [0.3, 0.4) is 0 Å². The van der Waals surface area contributed by atoms with Gasteiger partial charge < -0.3 is 14.9 Å². The van der Waals surface area contributed by atoms with Gasteiger partial charge in [0.1, 0.15) is 0 Å². The average Bonchev–Trinajstić information content (AvgIpc) is 2.97. The third kappa shape index (κ3) is 1.85. The summed E-state index contributed by atoms with van der Waals surface area (Å²) in [7, 11) is 0. The highest BCUT2D eigenvalue weighted by Crippen LogP contribution is 2.33. The number of hydrogen-bond donors (Lipinski definition) is 2. The second kappa shape index (κ2) is 4.14. The standard InChI is InChI=1S/C11H17N3O2/c15-8-5-9(12-6-8)11-13-10(14-16-11)7-3-1-2-4-7/h7-9,12,15H,1-6H2/t8?,9-/m0/s1. The van der Waals surface area contributed by atoms with Gasteiger partial charge in [0.15, 0.2) is 5.82 Å². The number of β-amino-alcohol motifs (C(OH)–C–C–N with tert-alkyl or cyclic N) is 1. The SMILES string of the molecule is OC1CN[C@H](c2nc(C3CCCC3)no2)C1. The van der Waals surface area contributed by atoms with Crippen LogP contribution in [0.2, 0.25) is 0 Å². The lowest BCUT2D eigenvalue weighted by molar-refractivity contribution is 0.191. The molecule has 1 aliphatic carbocycles. The van der Waals surface area contributed by atoms with Crippen LogP contribution in [0.1, 0.15) is 55.8 Å². The van der Waals surface area contributed by atoms with Crippen molar-refractivity contribution in [3.8, 4) is 0 Å². The van der Waals surface area contributed by atoms with Gasteiger partial charge in [0.25, 0.3) is 0 Å². The Bertz CT molecular complexity index is 360. The lowest BCUT2D eigenvalue weighted by Crippen LogP contribution is -2.15. The van der Waals surface area contributed by atoms with Crippen molar-refractivity contribution >= 4 is 0 Å². The maximum absolute atomic E-state index is 9.43. The van der Waals surface area contributed by atoms with Gasteiger partial charge in [0, 0.05) is 12.5 Å². The van der Waals surface area contributed by atoms with Crippen molar-refractivity contribution in [2.24, 2.45) is 0 Å². The smallest absolute Gasteiger partial charge is 0.243 e. The molecule has 88 valence electrons. The Kier molecular flexibility index (Phi) is 2.65. The molecule has 1 saturated heterocycles. The van der Waals surface area contributed by atoms with Gasteiger partial charge in [-0.05, 0) is 19.3 Å². The highest BCUT2D eigenvalue weighted by molar-refractivity contribution is 5.02. The van der Waals surface area contributed by atoms with Gasteiger partial charge in [-0.1, -0.05) is 18.0 Å². The summed E-state index contributed by atoms with van der Waals surface area (Å²) in [4.78, 5) is 4.46. The highest BCUT2D eigenvalue weighted by atomic mass is 16.5. The minimum absolute atomic E-state index is 0.0395. The number of aromatic nitrogens is 2. The molecule has 1 unspecified atom stereocenters. The predicted molar refractivity (Wildman–Crippen MR) is 56.9 cm³/mol. The van der Waals surface area contributed by atoms with Crippen LogP contribution in [0, 0.1) is 0 Å².